The molecule has 222 valence electrons. The quantitative estimate of drug-likeness (QED) is 0.401. The summed E-state index contributed by atoms with van der Waals surface area (Å²) in [6, 6.07) is 1.82. The third-order valence-electron chi connectivity index (χ3n) is 8.11. The summed E-state index contributed by atoms with van der Waals surface area (Å²) in [5.41, 5.74) is -0.115. The summed E-state index contributed by atoms with van der Waals surface area (Å²) in [5, 5.41) is 23.4. The summed E-state index contributed by atoms with van der Waals surface area (Å²) in [5.74, 6) is 0.638. The number of nitrogens with zero attached hydrogens (tertiary/aromatic N) is 5. The molecular weight excluding hydrogens is 568 g/mol. The van der Waals surface area contributed by atoms with Crippen molar-refractivity contribution in [2.24, 2.45) is 23.2 Å². The number of aliphatic hydroxyl groups excluding tert-OH is 1. The highest BCUT2D eigenvalue weighted by Gasteiger charge is 2.60. The van der Waals surface area contributed by atoms with Crippen LogP contribution < -0.4 is 15.1 Å². The third-order valence-corrected chi connectivity index (χ3v) is 9.56. The summed E-state index contributed by atoms with van der Waals surface area (Å²) in [6.07, 6.45) is 4.65. The van der Waals surface area contributed by atoms with E-state index in [2.05, 4.69) is 37.0 Å². The van der Waals surface area contributed by atoms with Crippen LogP contribution in [0, 0.1) is 23.2 Å². The lowest BCUT2D eigenvalue weighted by Gasteiger charge is -2.40. The number of pyridine rings is 1. The number of anilines is 2. The van der Waals surface area contributed by atoms with Crippen molar-refractivity contribution in [3.8, 4) is 0 Å². The molecule has 3 fully saturated rings. The topological polar surface area (TPSA) is 141 Å². The Morgan fingerprint density at radius 3 is 2.46 bits per heavy atom. The van der Waals surface area contributed by atoms with Crippen molar-refractivity contribution < 1.29 is 24.5 Å². The van der Waals surface area contributed by atoms with E-state index in [1.54, 1.807) is 12.4 Å². The van der Waals surface area contributed by atoms with E-state index in [0.29, 0.717) is 47.0 Å². The average Bonchev–Trinajstić information content (AvgIpc) is 3.43. The number of aliphatic hydroxyl groups is 1. The van der Waals surface area contributed by atoms with Crippen molar-refractivity contribution in [3.05, 3.63) is 29.2 Å². The zero-order valence-corrected chi connectivity index (χ0v) is 25.3. The first kappa shape index (κ1) is 29.7. The number of fused-ring (bicyclic) bond motifs is 1. The molecule has 11 nitrogen and oxygen atoms in total. The number of hydrogen-bond acceptors (Lipinski definition) is 10. The fourth-order valence-corrected chi connectivity index (χ4v) is 6.89. The largest absolute Gasteiger partial charge is 0.481 e. The molecular formula is C28H37ClN6O5S. The molecule has 0 spiro atoms. The van der Waals surface area contributed by atoms with Gasteiger partial charge in [0.15, 0.2) is 5.82 Å². The highest BCUT2D eigenvalue weighted by Crippen LogP contribution is 2.53. The van der Waals surface area contributed by atoms with Gasteiger partial charge in [-0.25, -0.2) is 19.7 Å². The lowest BCUT2D eigenvalue weighted by molar-refractivity contribution is -0.139. The monoisotopic (exact) mass is 604 g/mol. The highest BCUT2D eigenvalue weighted by molar-refractivity contribution is 7.99. The van der Waals surface area contributed by atoms with E-state index in [4.69, 9.17) is 16.3 Å². The summed E-state index contributed by atoms with van der Waals surface area (Å²) in [4.78, 5) is 42.2. The molecule has 0 aromatic carbocycles. The normalized spacial score (nSPS) is 23.2. The van der Waals surface area contributed by atoms with Crippen LogP contribution in [0.2, 0.25) is 5.02 Å². The Kier molecular flexibility index (Phi) is 8.28. The van der Waals surface area contributed by atoms with Crippen LogP contribution in [0.4, 0.5) is 16.4 Å². The summed E-state index contributed by atoms with van der Waals surface area (Å²) < 4.78 is 5.36. The van der Waals surface area contributed by atoms with Gasteiger partial charge in [0.2, 0.25) is 0 Å². The minimum Gasteiger partial charge on any atom is -0.481 e. The fourth-order valence-electron chi connectivity index (χ4n) is 5.75. The zero-order chi connectivity index (χ0) is 29.5. The van der Waals surface area contributed by atoms with Crippen LogP contribution in [0.1, 0.15) is 46.2 Å². The Balaban J connectivity index is 1.20. The second kappa shape index (κ2) is 11.4. The summed E-state index contributed by atoms with van der Waals surface area (Å²) >= 11 is 8.10. The second-order valence-corrected chi connectivity index (χ2v) is 13.9. The minimum atomic E-state index is -0.724. The first-order chi connectivity index (χ1) is 19.4. The Labute approximate surface area is 249 Å². The number of carbonyl (C=O) groups excluding carboxylic acids is 1. The van der Waals surface area contributed by atoms with Gasteiger partial charge >= 0.3 is 12.1 Å². The van der Waals surface area contributed by atoms with Crippen LogP contribution in [0.3, 0.4) is 0 Å². The van der Waals surface area contributed by atoms with E-state index in [0.717, 1.165) is 30.8 Å². The minimum absolute atomic E-state index is 0.0732. The molecule has 2 unspecified atom stereocenters. The number of ether oxygens (including phenoxy) is 1. The number of nitrogens with one attached hydrogen (secondary N) is 1. The van der Waals surface area contributed by atoms with Gasteiger partial charge in [0.05, 0.1) is 23.7 Å². The maximum absolute atomic E-state index is 12.1. The number of piperidine rings is 2. The molecule has 2 aromatic heterocycles. The molecule has 3 N–H and O–H groups in total. The Morgan fingerprint density at radius 1 is 1.17 bits per heavy atom. The standard InChI is InChI=1S/C28H37ClN6O5S/c1-27(2,3)40-26(39)32-15-28(4)6-9-34(10-7-28)23-18(14-36)33-20(11-31-23)41-19-5-8-30-24(22(19)29)35-12-16-17(13-35)21(16)25(37)38/h5,8,11,16-17,21,36H,6-7,9-10,12-15H2,1-4H3,(H,32,39)(H,37,38). The van der Waals surface area contributed by atoms with Gasteiger partial charge in [0.1, 0.15) is 22.1 Å². The predicted molar refractivity (Wildman–Crippen MR) is 155 cm³/mol. The number of aromatic nitrogens is 3. The Morgan fingerprint density at radius 2 is 1.85 bits per heavy atom. The zero-order valence-electron chi connectivity index (χ0n) is 23.8. The fraction of sp³-hybridized carbons (Fsp3) is 0.607. The molecule has 1 aliphatic carbocycles. The lowest BCUT2D eigenvalue weighted by Crippen LogP contribution is -2.46. The van der Waals surface area contributed by atoms with E-state index in [1.165, 1.54) is 11.8 Å². The predicted octanol–water partition coefficient (Wildman–Crippen LogP) is 4.07. The molecule has 2 aromatic rings. The number of halogens is 1. The molecule has 2 aliphatic heterocycles. The van der Waals surface area contributed by atoms with Gasteiger partial charge in [0, 0.05) is 43.8 Å². The van der Waals surface area contributed by atoms with Crippen molar-refractivity contribution in [1.82, 2.24) is 20.3 Å². The molecule has 1 saturated carbocycles. The van der Waals surface area contributed by atoms with Gasteiger partial charge in [-0.1, -0.05) is 30.3 Å². The molecule has 1 amide bonds. The first-order valence-electron chi connectivity index (χ1n) is 13.9. The van der Waals surface area contributed by atoms with Gasteiger partial charge in [0.25, 0.3) is 0 Å². The molecule has 13 heteroatoms. The van der Waals surface area contributed by atoms with Crippen LogP contribution in [-0.2, 0) is 16.1 Å². The van der Waals surface area contributed by atoms with Gasteiger partial charge < -0.3 is 30.1 Å². The van der Waals surface area contributed by atoms with Gasteiger partial charge in [-0.05, 0) is 56.9 Å². The van der Waals surface area contributed by atoms with Crippen LogP contribution in [0.25, 0.3) is 0 Å². The van der Waals surface area contributed by atoms with E-state index in [9.17, 15) is 19.8 Å². The smallest absolute Gasteiger partial charge is 0.407 e. The molecule has 4 heterocycles. The maximum Gasteiger partial charge on any atom is 0.407 e. The van der Waals surface area contributed by atoms with E-state index in [-0.39, 0.29) is 29.8 Å². The third kappa shape index (κ3) is 6.65. The van der Waals surface area contributed by atoms with Crippen molar-refractivity contribution >= 4 is 47.1 Å². The molecule has 0 bridgehead atoms. The summed E-state index contributed by atoms with van der Waals surface area (Å²) in [6.45, 7) is 10.7. The summed E-state index contributed by atoms with van der Waals surface area (Å²) in [7, 11) is 0. The van der Waals surface area contributed by atoms with E-state index in [1.807, 2.05) is 26.8 Å². The van der Waals surface area contributed by atoms with Crippen molar-refractivity contribution in [3.63, 3.8) is 0 Å². The number of carboxylic acid groups (broad SMARTS) is 1. The van der Waals surface area contributed by atoms with Crippen LogP contribution in [0.15, 0.2) is 28.4 Å². The average molecular weight is 605 g/mol. The SMILES string of the molecule is CC1(CNC(=O)OC(C)(C)C)CCN(c2ncc(Sc3ccnc(N4CC5C(C4)C5C(=O)O)c3Cl)nc2CO)CC1. The number of aliphatic carboxylic acids is 1. The first-order valence-corrected chi connectivity index (χ1v) is 15.1. The van der Waals surface area contributed by atoms with Gasteiger partial charge in [-0.2, -0.15) is 0 Å². The van der Waals surface area contributed by atoms with E-state index < -0.39 is 17.7 Å². The maximum atomic E-state index is 12.1. The molecule has 41 heavy (non-hydrogen) atoms. The highest BCUT2D eigenvalue weighted by atomic mass is 35.5. The number of carbonyl (C=O) groups is 2. The van der Waals surface area contributed by atoms with Crippen LogP contribution >= 0.6 is 23.4 Å². The van der Waals surface area contributed by atoms with Crippen molar-refractivity contribution in [2.45, 2.75) is 62.7 Å². The van der Waals surface area contributed by atoms with Gasteiger partial charge in [-0.15, -0.1) is 0 Å². The van der Waals surface area contributed by atoms with E-state index >= 15 is 0 Å². The number of rotatable bonds is 8. The Bertz CT molecular complexity index is 1300. The molecule has 2 saturated heterocycles. The Hall–Kier alpha value is -2.83. The molecule has 0 radical (unpaired) electrons. The molecule has 5 rings (SSSR count). The van der Waals surface area contributed by atoms with Crippen molar-refractivity contribution in [1.29, 1.82) is 0 Å². The molecule has 3 aliphatic rings. The van der Waals surface area contributed by atoms with Crippen molar-refractivity contribution in [2.75, 3.05) is 42.5 Å². The second-order valence-electron chi connectivity index (χ2n) is 12.4. The number of carboxylic acids is 1. The van der Waals surface area contributed by atoms with Gasteiger partial charge in [-0.3, -0.25) is 4.79 Å². The van der Waals surface area contributed by atoms with Crippen LogP contribution in [-0.4, -0.2) is 75.6 Å². The number of alkyl carbamates (subject to hydrolysis) is 1. The lowest BCUT2D eigenvalue weighted by atomic mass is 9.80. The number of amides is 1. The molecule has 2 atom stereocenters. The van der Waals surface area contributed by atoms with Crippen LogP contribution in [0.5, 0.6) is 0 Å². The number of hydrogen-bond donors (Lipinski definition) is 3.